The Morgan fingerprint density at radius 1 is 1.33 bits per heavy atom. The molecule has 15 heavy (non-hydrogen) atoms. The van der Waals surface area contributed by atoms with Gasteiger partial charge < -0.3 is 10.2 Å². The van der Waals surface area contributed by atoms with Crippen LogP contribution in [0.15, 0.2) is 24.3 Å². The summed E-state index contributed by atoms with van der Waals surface area (Å²) in [6, 6.07) is 9.66. The van der Waals surface area contributed by atoms with Gasteiger partial charge >= 0.3 is 0 Å². The molecule has 1 aromatic rings. The fourth-order valence-corrected chi connectivity index (χ4v) is 2.49. The Hall–Kier alpha value is -0.860. The second kappa shape index (κ2) is 4.77. The Balaban J connectivity index is 2.20. The first kappa shape index (κ1) is 10.7. The highest BCUT2D eigenvalue weighted by Crippen LogP contribution is 2.20. The summed E-state index contributed by atoms with van der Waals surface area (Å²) in [6.07, 6.45) is 2.72. The topological polar surface area (TPSA) is 21.1 Å². The van der Waals surface area contributed by atoms with Crippen LogP contribution in [0.4, 0.5) is 0 Å². The molecule has 1 saturated heterocycles. The summed E-state index contributed by atoms with van der Waals surface area (Å²) in [7, 11) is 4.43. The lowest BCUT2D eigenvalue weighted by Crippen LogP contribution is -3.04. The number of benzene rings is 1. The summed E-state index contributed by atoms with van der Waals surface area (Å²) in [5.41, 5.74) is 3.09. The average Bonchev–Trinajstić information content (AvgIpc) is 2.70. The SMILES string of the molecule is C[NH+](C)Cc1ccccc1[C@H]1CCC[NH2+]1. The lowest BCUT2D eigenvalue weighted by Gasteiger charge is -2.14. The molecule has 0 spiro atoms. The van der Waals surface area contributed by atoms with E-state index in [-0.39, 0.29) is 0 Å². The van der Waals surface area contributed by atoms with Crippen molar-refractivity contribution in [2.75, 3.05) is 20.6 Å². The Kier molecular flexibility index (Phi) is 3.39. The maximum absolute atomic E-state index is 2.49. The number of nitrogens with one attached hydrogen (secondary N) is 1. The average molecular weight is 206 g/mol. The lowest BCUT2D eigenvalue weighted by molar-refractivity contribution is -0.872. The fourth-order valence-electron chi connectivity index (χ4n) is 2.49. The van der Waals surface area contributed by atoms with Gasteiger partial charge in [0.1, 0.15) is 12.6 Å². The summed E-state index contributed by atoms with van der Waals surface area (Å²) < 4.78 is 0. The van der Waals surface area contributed by atoms with Crippen LogP contribution in [-0.4, -0.2) is 20.6 Å². The van der Waals surface area contributed by atoms with Crippen LogP contribution >= 0.6 is 0 Å². The van der Waals surface area contributed by atoms with Gasteiger partial charge in [0, 0.05) is 24.0 Å². The Labute approximate surface area is 92.3 Å². The monoisotopic (exact) mass is 206 g/mol. The van der Waals surface area contributed by atoms with Crippen LogP contribution in [0.5, 0.6) is 0 Å². The number of hydrogen-bond donors (Lipinski definition) is 2. The molecule has 2 nitrogen and oxygen atoms in total. The van der Waals surface area contributed by atoms with Crippen molar-refractivity contribution in [2.45, 2.75) is 25.4 Å². The minimum Gasteiger partial charge on any atom is -0.340 e. The second-order valence-corrected chi connectivity index (χ2v) is 4.86. The minimum atomic E-state index is 0.723. The molecule has 0 bridgehead atoms. The van der Waals surface area contributed by atoms with E-state index in [1.165, 1.54) is 29.8 Å². The van der Waals surface area contributed by atoms with Gasteiger partial charge in [0.05, 0.1) is 20.6 Å². The molecule has 1 aliphatic rings. The van der Waals surface area contributed by atoms with Crippen LogP contribution in [0.3, 0.4) is 0 Å². The summed E-state index contributed by atoms with van der Waals surface area (Å²) in [6.45, 7) is 2.44. The zero-order valence-corrected chi connectivity index (χ0v) is 9.79. The van der Waals surface area contributed by atoms with E-state index >= 15 is 0 Å². The van der Waals surface area contributed by atoms with Crippen molar-refractivity contribution in [3.63, 3.8) is 0 Å². The molecule has 0 saturated carbocycles. The van der Waals surface area contributed by atoms with Crippen molar-refractivity contribution in [3.05, 3.63) is 35.4 Å². The first-order chi connectivity index (χ1) is 7.27. The van der Waals surface area contributed by atoms with Crippen LogP contribution in [0.25, 0.3) is 0 Å². The standard InChI is InChI=1S/C13H20N2/c1-15(2)10-11-6-3-4-7-12(11)13-8-5-9-14-13/h3-4,6-7,13-14H,5,8-10H2,1-2H3/p+2/t13-/m1/s1. The van der Waals surface area contributed by atoms with Crippen molar-refractivity contribution >= 4 is 0 Å². The van der Waals surface area contributed by atoms with Crippen LogP contribution in [0, 0.1) is 0 Å². The summed E-state index contributed by atoms with van der Waals surface area (Å²) in [5, 5.41) is 2.49. The molecule has 1 aliphatic heterocycles. The van der Waals surface area contributed by atoms with Gasteiger partial charge in [-0.25, -0.2) is 0 Å². The molecule has 1 fully saturated rings. The van der Waals surface area contributed by atoms with E-state index in [2.05, 4.69) is 43.7 Å². The van der Waals surface area contributed by atoms with Crippen LogP contribution < -0.4 is 10.2 Å². The van der Waals surface area contributed by atoms with E-state index in [0.29, 0.717) is 0 Å². The first-order valence-electron chi connectivity index (χ1n) is 5.97. The molecule has 3 N–H and O–H groups in total. The normalized spacial score (nSPS) is 21.1. The molecule has 2 heteroatoms. The molecule has 1 atom stereocenters. The smallest absolute Gasteiger partial charge is 0.112 e. The number of nitrogens with two attached hydrogens (primary N) is 1. The van der Waals surface area contributed by atoms with Gasteiger partial charge in [-0.2, -0.15) is 0 Å². The molecule has 0 unspecified atom stereocenters. The van der Waals surface area contributed by atoms with Crippen molar-refractivity contribution < 1.29 is 10.2 Å². The van der Waals surface area contributed by atoms with E-state index in [1.54, 1.807) is 5.56 Å². The largest absolute Gasteiger partial charge is 0.340 e. The summed E-state index contributed by atoms with van der Waals surface area (Å²) in [4.78, 5) is 1.50. The van der Waals surface area contributed by atoms with Gasteiger partial charge in [-0.05, 0) is 0 Å². The van der Waals surface area contributed by atoms with E-state index in [4.69, 9.17) is 0 Å². The molecule has 0 radical (unpaired) electrons. The third kappa shape index (κ3) is 2.58. The first-order valence-corrected chi connectivity index (χ1v) is 5.97. The van der Waals surface area contributed by atoms with Gasteiger partial charge in [-0.3, -0.25) is 0 Å². The third-order valence-corrected chi connectivity index (χ3v) is 3.17. The Morgan fingerprint density at radius 2 is 2.13 bits per heavy atom. The van der Waals surface area contributed by atoms with Crippen molar-refractivity contribution in [1.82, 2.24) is 0 Å². The van der Waals surface area contributed by atoms with Gasteiger partial charge in [0.15, 0.2) is 0 Å². The summed E-state index contributed by atoms with van der Waals surface area (Å²) >= 11 is 0. The second-order valence-electron chi connectivity index (χ2n) is 4.86. The van der Waals surface area contributed by atoms with E-state index in [9.17, 15) is 0 Å². The van der Waals surface area contributed by atoms with Gasteiger partial charge in [-0.15, -0.1) is 0 Å². The zero-order chi connectivity index (χ0) is 10.7. The highest BCUT2D eigenvalue weighted by molar-refractivity contribution is 5.28. The van der Waals surface area contributed by atoms with E-state index in [0.717, 1.165) is 12.6 Å². The molecular formula is C13H22N2+2. The molecule has 1 aromatic carbocycles. The van der Waals surface area contributed by atoms with Crippen molar-refractivity contribution in [2.24, 2.45) is 0 Å². The maximum atomic E-state index is 2.49. The maximum Gasteiger partial charge on any atom is 0.112 e. The summed E-state index contributed by atoms with van der Waals surface area (Å²) in [5.74, 6) is 0. The molecular weight excluding hydrogens is 184 g/mol. The van der Waals surface area contributed by atoms with Crippen LogP contribution in [0.1, 0.15) is 30.0 Å². The van der Waals surface area contributed by atoms with Crippen molar-refractivity contribution in [1.29, 1.82) is 0 Å². The molecule has 2 rings (SSSR count). The predicted octanol–water partition coefficient (Wildman–Crippen LogP) is -0.271. The predicted molar refractivity (Wildman–Crippen MR) is 61.7 cm³/mol. The number of hydrogen-bond acceptors (Lipinski definition) is 0. The highest BCUT2D eigenvalue weighted by Gasteiger charge is 2.23. The van der Waals surface area contributed by atoms with Gasteiger partial charge in [0.25, 0.3) is 0 Å². The molecule has 0 aromatic heterocycles. The molecule has 0 amide bonds. The number of rotatable bonds is 3. The molecule has 82 valence electrons. The molecule has 1 heterocycles. The number of quaternary nitrogens is 2. The Morgan fingerprint density at radius 3 is 2.80 bits per heavy atom. The zero-order valence-electron chi connectivity index (χ0n) is 9.79. The minimum absolute atomic E-state index is 0.723. The van der Waals surface area contributed by atoms with Crippen LogP contribution in [-0.2, 0) is 6.54 Å². The van der Waals surface area contributed by atoms with Crippen LogP contribution in [0.2, 0.25) is 0 Å². The Bertz CT molecular complexity index is 314. The highest BCUT2D eigenvalue weighted by atomic mass is 15.0. The lowest BCUT2D eigenvalue weighted by atomic mass is 9.99. The van der Waals surface area contributed by atoms with Crippen molar-refractivity contribution in [3.8, 4) is 0 Å². The van der Waals surface area contributed by atoms with Gasteiger partial charge in [0.2, 0.25) is 0 Å². The van der Waals surface area contributed by atoms with Gasteiger partial charge in [-0.1, -0.05) is 24.3 Å². The van der Waals surface area contributed by atoms with E-state index < -0.39 is 0 Å². The fraction of sp³-hybridized carbons (Fsp3) is 0.538. The third-order valence-electron chi connectivity index (χ3n) is 3.17. The quantitative estimate of drug-likeness (QED) is 0.679. The van der Waals surface area contributed by atoms with E-state index in [1.807, 2.05) is 0 Å². The molecule has 0 aliphatic carbocycles.